The van der Waals surface area contributed by atoms with Crippen LogP contribution in [0.5, 0.6) is 0 Å². The second-order valence-corrected chi connectivity index (χ2v) is 3.23. The van der Waals surface area contributed by atoms with Crippen molar-refractivity contribution < 1.29 is 9.59 Å². The summed E-state index contributed by atoms with van der Waals surface area (Å²) in [5, 5.41) is 4.52. The van der Waals surface area contributed by atoms with E-state index < -0.39 is 11.9 Å². The van der Waals surface area contributed by atoms with Gasteiger partial charge in [0, 0.05) is 6.20 Å². The second kappa shape index (κ2) is 6.02. The number of nitrogens with one attached hydrogen (secondary N) is 2. The predicted octanol–water partition coefficient (Wildman–Crippen LogP) is 0.350. The smallest absolute Gasteiger partial charge is 0.321 e. The normalized spacial score (nSPS) is 9.62. The molecular formula is C9H11ClN4O2. The molecule has 6 nitrogen and oxygen atoms in total. The number of aromatic nitrogens is 2. The highest BCUT2D eigenvalue weighted by molar-refractivity contribution is 6.28. The molecule has 1 aromatic rings. The predicted molar refractivity (Wildman–Crippen MR) is 57.9 cm³/mol. The summed E-state index contributed by atoms with van der Waals surface area (Å²) >= 11 is 5.22. The summed E-state index contributed by atoms with van der Waals surface area (Å²) < 4.78 is 0. The Morgan fingerprint density at radius 1 is 1.50 bits per heavy atom. The highest BCUT2D eigenvalue weighted by Crippen LogP contribution is 1.93. The minimum Gasteiger partial charge on any atom is -0.332 e. The van der Waals surface area contributed by atoms with Gasteiger partial charge in [0.15, 0.2) is 0 Å². The molecule has 0 aliphatic rings. The van der Waals surface area contributed by atoms with Crippen LogP contribution in [0.4, 0.5) is 4.79 Å². The first-order chi connectivity index (χ1) is 7.61. The van der Waals surface area contributed by atoms with E-state index in [2.05, 4.69) is 20.6 Å². The molecule has 0 bridgehead atoms. The number of nitrogens with zero attached hydrogens (tertiary/aromatic N) is 2. The van der Waals surface area contributed by atoms with Gasteiger partial charge in [0.05, 0.1) is 12.2 Å². The molecule has 0 aliphatic heterocycles. The molecule has 0 aromatic carbocycles. The van der Waals surface area contributed by atoms with Gasteiger partial charge < -0.3 is 5.32 Å². The molecule has 1 aromatic heterocycles. The van der Waals surface area contributed by atoms with E-state index in [1.807, 2.05) is 0 Å². The Morgan fingerprint density at radius 3 is 2.88 bits per heavy atom. The number of amides is 3. The Morgan fingerprint density at radius 2 is 2.25 bits per heavy atom. The van der Waals surface area contributed by atoms with Crippen LogP contribution in [0.3, 0.4) is 0 Å². The summed E-state index contributed by atoms with van der Waals surface area (Å²) in [4.78, 5) is 29.9. The maximum atomic E-state index is 11.1. The standard InChI is InChI=1S/C9H11ClN4O2/c1-6-11-3-2-7(13-6)5-12-9(16)14-8(15)4-10/h2-3H,4-5H2,1H3,(H2,12,14,15,16). The Balaban J connectivity index is 2.40. The van der Waals surface area contributed by atoms with Crippen molar-refractivity contribution in [1.82, 2.24) is 20.6 Å². The average molecular weight is 243 g/mol. The third kappa shape index (κ3) is 4.22. The van der Waals surface area contributed by atoms with Gasteiger partial charge in [0.2, 0.25) is 5.91 Å². The molecule has 16 heavy (non-hydrogen) atoms. The topological polar surface area (TPSA) is 84.0 Å². The van der Waals surface area contributed by atoms with Crippen LogP contribution in [0, 0.1) is 6.92 Å². The molecule has 0 saturated heterocycles. The van der Waals surface area contributed by atoms with E-state index in [0.29, 0.717) is 11.5 Å². The van der Waals surface area contributed by atoms with E-state index in [4.69, 9.17) is 11.6 Å². The maximum absolute atomic E-state index is 11.1. The summed E-state index contributed by atoms with van der Waals surface area (Å²) in [6, 6.07) is 1.08. The van der Waals surface area contributed by atoms with Crippen LogP contribution in [0.25, 0.3) is 0 Å². The van der Waals surface area contributed by atoms with Gasteiger partial charge in [-0.25, -0.2) is 14.8 Å². The number of alkyl halides is 1. The Bertz CT molecular complexity index is 397. The Kier molecular flexibility index (Phi) is 4.65. The van der Waals surface area contributed by atoms with Crippen LogP contribution in [0.1, 0.15) is 11.5 Å². The number of rotatable bonds is 3. The molecule has 3 amide bonds. The highest BCUT2D eigenvalue weighted by atomic mass is 35.5. The van der Waals surface area contributed by atoms with E-state index in [1.165, 1.54) is 0 Å². The van der Waals surface area contributed by atoms with Gasteiger partial charge in [-0.1, -0.05) is 0 Å². The zero-order valence-electron chi connectivity index (χ0n) is 8.66. The van der Waals surface area contributed by atoms with Crippen LogP contribution in [0.2, 0.25) is 0 Å². The fraction of sp³-hybridized carbons (Fsp3) is 0.333. The van der Waals surface area contributed by atoms with Gasteiger partial charge in [0.25, 0.3) is 0 Å². The summed E-state index contributed by atoms with van der Waals surface area (Å²) in [6.45, 7) is 1.98. The molecule has 1 rings (SSSR count). The second-order valence-electron chi connectivity index (χ2n) is 2.96. The van der Waals surface area contributed by atoms with Crippen molar-refractivity contribution in [1.29, 1.82) is 0 Å². The van der Waals surface area contributed by atoms with Crippen molar-refractivity contribution in [3.8, 4) is 0 Å². The fourth-order valence-corrected chi connectivity index (χ4v) is 1.05. The van der Waals surface area contributed by atoms with Crippen LogP contribution >= 0.6 is 11.6 Å². The largest absolute Gasteiger partial charge is 0.332 e. The summed E-state index contributed by atoms with van der Waals surface area (Å²) in [6.07, 6.45) is 1.60. The number of hydrogen-bond donors (Lipinski definition) is 2. The molecule has 0 radical (unpaired) electrons. The van der Waals surface area contributed by atoms with Gasteiger partial charge in [-0.3, -0.25) is 10.1 Å². The lowest BCUT2D eigenvalue weighted by Gasteiger charge is -2.05. The molecule has 0 spiro atoms. The van der Waals surface area contributed by atoms with Crippen LogP contribution in [0.15, 0.2) is 12.3 Å². The lowest BCUT2D eigenvalue weighted by Crippen LogP contribution is -2.39. The minimum absolute atomic E-state index is 0.227. The molecule has 0 saturated carbocycles. The molecule has 0 fully saturated rings. The fourth-order valence-electron chi connectivity index (χ4n) is 0.979. The Hall–Kier alpha value is -1.69. The SMILES string of the molecule is Cc1nccc(CNC(=O)NC(=O)CCl)n1. The number of hydrogen-bond acceptors (Lipinski definition) is 4. The zero-order chi connectivity index (χ0) is 12.0. The number of carbonyl (C=O) groups excluding carboxylic acids is 2. The number of aryl methyl sites for hydroxylation is 1. The van der Waals surface area contributed by atoms with Gasteiger partial charge in [0.1, 0.15) is 11.7 Å². The van der Waals surface area contributed by atoms with E-state index in [1.54, 1.807) is 19.2 Å². The first-order valence-electron chi connectivity index (χ1n) is 4.54. The molecule has 0 atom stereocenters. The monoisotopic (exact) mass is 242 g/mol. The summed E-state index contributed by atoms with van der Waals surface area (Å²) in [5.74, 6) is -0.172. The van der Waals surface area contributed by atoms with Crippen molar-refractivity contribution in [2.24, 2.45) is 0 Å². The minimum atomic E-state index is -0.595. The first kappa shape index (κ1) is 12.4. The van der Waals surface area contributed by atoms with E-state index in [9.17, 15) is 9.59 Å². The van der Waals surface area contributed by atoms with Crippen LogP contribution in [-0.4, -0.2) is 27.8 Å². The first-order valence-corrected chi connectivity index (χ1v) is 5.07. The van der Waals surface area contributed by atoms with E-state index >= 15 is 0 Å². The van der Waals surface area contributed by atoms with E-state index in [-0.39, 0.29) is 12.4 Å². The van der Waals surface area contributed by atoms with Gasteiger partial charge >= 0.3 is 6.03 Å². The van der Waals surface area contributed by atoms with E-state index in [0.717, 1.165) is 0 Å². The van der Waals surface area contributed by atoms with Gasteiger partial charge in [-0.05, 0) is 13.0 Å². The maximum Gasteiger partial charge on any atom is 0.321 e. The molecule has 0 aliphatic carbocycles. The number of halogens is 1. The quantitative estimate of drug-likeness (QED) is 0.749. The highest BCUT2D eigenvalue weighted by Gasteiger charge is 2.05. The third-order valence-corrected chi connectivity index (χ3v) is 1.88. The number of carbonyl (C=O) groups is 2. The Labute approximate surface area is 97.4 Å². The van der Waals surface area contributed by atoms with Crippen molar-refractivity contribution >= 4 is 23.5 Å². The van der Waals surface area contributed by atoms with Crippen LogP contribution in [-0.2, 0) is 11.3 Å². The average Bonchev–Trinajstić information content (AvgIpc) is 2.26. The van der Waals surface area contributed by atoms with Crippen LogP contribution < -0.4 is 10.6 Å². The molecule has 0 unspecified atom stereocenters. The zero-order valence-corrected chi connectivity index (χ0v) is 9.41. The summed E-state index contributed by atoms with van der Waals surface area (Å²) in [5.41, 5.74) is 0.668. The molecule has 7 heteroatoms. The van der Waals surface area contributed by atoms with Crippen molar-refractivity contribution in [2.75, 3.05) is 5.88 Å². The molecular weight excluding hydrogens is 232 g/mol. The lowest BCUT2D eigenvalue weighted by molar-refractivity contribution is -0.117. The summed E-state index contributed by atoms with van der Waals surface area (Å²) in [7, 11) is 0. The van der Waals surface area contributed by atoms with Gasteiger partial charge in [-0.2, -0.15) is 0 Å². The lowest BCUT2D eigenvalue weighted by atomic mass is 10.4. The molecule has 1 heterocycles. The van der Waals surface area contributed by atoms with Gasteiger partial charge in [-0.15, -0.1) is 11.6 Å². The number of urea groups is 1. The third-order valence-electron chi connectivity index (χ3n) is 1.64. The molecule has 86 valence electrons. The number of imide groups is 1. The molecule has 2 N–H and O–H groups in total. The van der Waals surface area contributed by atoms with Crippen molar-refractivity contribution in [3.05, 3.63) is 23.8 Å². The van der Waals surface area contributed by atoms with Crippen molar-refractivity contribution in [2.45, 2.75) is 13.5 Å². The van der Waals surface area contributed by atoms with Crippen molar-refractivity contribution in [3.63, 3.8) is 0 Å².